The number of carbonyl (C=O) groups is 1. The van der Waals surface area contributed by atoms with Crippen molar-refractivity contribution in [2.75, 3.05) is 27.4 Å². The Morgan fingerprint density at radius 3 is 2.32 bits per heavy atom. The molecule has 25 heavy (non-hydrogen) atoms. The van der Waals surface area contributed by atoms with Gasteiger partial charge in [0.2, 0.25) is 0 Å². The number of nitrogens with one attached hydrogen (secondary N) is 1. The van der Waals surface area contributed by atoms with Crippen LogP contribution in [0.25, 0.3) is 0 Å². The summed E-state index contributed by atoms with van der Waals surface area (Å²) in [5, 5.41) is 2.40. The van der Waals surface area contributed by atoms with E-state index in [1.807, 2.05) is 30.3 Å². The number of para-hydroxylation sites is 2. The molecule has 0 aliphatic carbocycles. The summed E-state index contributed by atoms with van der Waals surface area (Å²) in [6, 6.07) is 14.5. The topological polar surface area (TPSA) is 66.0 Å². The van der Waals surface area contributed by atoms with Crippen LogP contribution in [0.1, 0.15) is 12.8 Å². The van der Waals surface area contributed by atoms with Crippen LogP contribution >= 0.6 is 0 Å². The lowest BCUT2D eigenvalue weighted by molar-refractivity contribution is 0.202. The lowest BCUT2D eigenvalue weighted by Gasteiger charge is -2.11. The molecule has 0 heterocycles. The van der Waals surface area contributed by atoms with E-state index in [4.69, 9.17) is 18.9 Å². The molecule has 0 aliphatic heterocycles. The maximum absolute atomic E-state index is 11.2. The van der Waals surface area contributed by atoms with Crippen LogP contribution in [0.15, 0.2) is 48.5 Å². The zero-order valence-electron chi connectivity index (χ0n) is 14.5. The van der Waals surface area contributed by atoms with E-state index in [0.29, 0.717) is 24.7 Å². The van der Waals surface area contributed by atoms with Gasteiger partial charge in [0, 0.05) is 13.1 Å². The summed E-state index contributed by atoms with van der Waals surface area (Å²) in [5.74, 6) is 2.57. The number of ether oxygens (including phenoxy) is 4. The van der Waals surface area contributed by atoms with Crippen LogP contribution < -0.4 is 24.3 Å². The second-order valence-electron chi connectivity index (χ2n) is 5.17. The Bertz CT molecular complexity index is 674. The third-order valence-corrected chi connectivity index (χ3v) is 3.35. The minimum absolute atomic E-state index is 0.441. The Kier molecular flexibility index (Phi) is 7.43. The Hall–Kier alpha value is -2.89. The van der Waals surface area contributed by atoms with Crippen molar-refractivity contribution in [1.29, 1.82) is 0 Å². The van der Waals surface area contributed by atoms with Crippen LogP contribution in [0.3, 0.4) is 0 Å². The van der Waals surface area contributed by atoms with E-state index in [-0.39, 0.29) is 0 Å². The number of carbonyl (C=O) groups excluding carboxylic acids is 1. The van der Waals surface area contributed by atoms with Crippen LogP contribution in [0.5, 0.6) is 23.0 Å². The number of amides is 1. The van der Waals surface area contributed by atoms with Gasteiger partial charge in [0.15, 0.2) is 11.5 Å². The predicted molar refractivity (Wildman–Crippen MR) is 94.7 cm³/mol. The minimum Gasteiger partial charge on any atom is -0.493 e. The number of unbranched alkanes of at least 4 members (excludes halogenated alkanes) is 1. The fourth-order valence-electron chi connectivity index (χ4n) is 2.10. The zero-order valence-corrected chi connectivity index (χ0v) is 14.5. The van der Waals surface area contributed by atoms with Gasteiger partial charge in [-0.25, -0.2) is 4.79 Å². The third-order valence-electron chi connectivity index (χ3n) is 3.35. The van der Waals surface area contributed by atoms with Crippen LogP contribution in [-0.4, -0.2) is 33.5 Å². The largest absolute Gasteiger partial charge is 0.493 e. The van der Waals surface area contributed by atoms with Gasteiger partial charge < -0.3 is 24.3 Å². The molecule has 6 nitrogen and oxygen atoms in total. The fraction of sp³-hybridized carbons (Fsp3) is 0.316. The Morgan fingerprint density at radius 1 is 0.920 bits per heavy atom. The molecule has 1 N–H and O–H groups in total. The molecule has 0 saturated heterocycles. The van der Waals surface area contributed by atoms with Crippen LogP contribution in [0.4, 0.5) is 4.79 Å². The molecule has 0 bridgehead atoms. The standard InChI is InChI=1S/C19H23NO5/c1-20-19(21)25-16-9-7-8-15(14-16)23-12-5-6-13-24-18-11-4-3-10-17(18)22-2/h3-4,7-11,14H,5-6,12-13H2,1-2H3,(H,20,21). The molecule has 0 aliphatic rings. The first-order chi connectivity index (χ1) is 12.2. The quantitative estimate of drug-likeness (QED) is 0.703. The molecule has 0 saturated carbocycles. The molecule has 0 aromatic heterocycles. The molecule has 134 valence electrons. The first kappa shape index (κ1) is 18.4. The first-order valence-electron chi connectivity index (χ1n) is 8.11. The van der Waals surface area contributed by atoms with Crippen LogP contribution in [0, 0.1) is 0 Å². The molecule has 0 spiro atoms. The van der Waals surface area contributed by atoms with Gasteiger partial charge in [-0.1, -0.05) is 18.2 Å². The second-order valence-corrected chi connectivity index (χ2v) is 5.17. The van der Waals surface area contributed by atoms with E-state index in [2.05, 4.69) is 5.32 Å². The molecular weight excluding hydrogens is 322 g/mol. The van der Waals surface area contributed by atoms with Crippen molar-refractivity contribution in [2.24, 2.45) is 0 Å². The summed E-state index contributed by atoms with van der Waals surface area (Å²) in [6.07, 6.45) is 1.19. The molecule has 2 rings (SSSR count). The van der Waals surface area contributed by atoms with Gasteiger partial charge in [0.25, 0.3) is 0 Å². The van der Waals surface area contributed by atoms with E-state index in [9.17, 15) is 4.79 Å². The Balaban J connectivity index is 1.67. The van der Waals surface area contributed by atoms with Gasteiger partial charge >= 0.3 is 6.09 Å². The SMILES string of the molecule is CNC(=O)Oc1cccc(OCCCCOc2ccccc2OC)c1. The van der Waals surface area contributed by atoms with Crippen molar-refractivity contribution in [3.63, 3.8) is 0 Å². The zero-order chi connectivity index (χ0) is 17.9. The normalized spacial score (nSPS) is 10.0. The highest BCUT2D eigenvalue weighted by Gasteiger charge is 2.04. The Labute approximate surface area is 147 Å². The van der Waals surface area contributed by atoms with Gasteiger partial charge in [-0.2, -0.15) is 0 Å². The van der Waals surface area contributed by atoms with Crippen LogP contribution in [-0.2, 0) is 0 Å². The summed E-state index contributed by atoms with van der Waals surface area (Å²) < 4.78 is 21.7. The van der Waals surface area contributed by atoms with Crippen molar-refractivity contribution < 1.29 is 23.7 Å². The predicted octanol–water partition coefficient (Wildman–Crippen LogP) is 3.65. The minimum atomic E-state index is -0.509. The lowest BCUT2D eigenvalue weighted by Crippen LogP contribution is -2.21. The van der Waals surface area contributed by atoms with Crippen molar-refractivity contribution in [1.82, 2.24) is 5.32 Å². The van der Waals surface area contributed by atoms with Gasteiger partial charge in [-0.3, -0.25) is 0 Å². The molecule has 0 atom stereocenters. The molecule has 2 aromatic rings. The summed E-state index contributed by atoms with van der Waals surface area (Å²) in [5.41, 5.74) is 0. The maximum Gasteiger partial charge on any atom is 0.412 e. The lowest BCUT2D eigenvalue weighted by atomic mass is 10.3. The second kappa shape index (κ2) is 10.1. The smallest absolute Gasteiger partial charge is 0.412 e. The van der Waals surface area contributed by atoms with Gasteiger partial charge in [0.05, 0.1) is 20.3 Å². The van der Waals surface area contributed by atoms with E-state index < -0.39 is 6.09 Å². The number of rotatable bonds is 9. The average Bonchev–Trinajstić information content (AvgIpc) is 2.65. The van der Waals surface area contributed by atoms with Crippen molar-refractivity contribution in [3.8, 4) is 23.0 Å². The third kappa shape index (κ3) is 6.25. The van der Waals surface area contributed by atoms with Crippen molar-refractivity contribution in [3.05, 3.63) is 48.5 Å². The summed E-state index contributed by atoms with van der Waals surface area (Å²) in [6.45, 7) is 1.14. The molecule has 2 aromatic carbocycles. The number of benzene rings is 2. The van der Waals surface area contributed by atoms with E-state index in [0.717, 1.165) is 24.3 Å². The van der Waals surface area contributed by atoms with Gasteiger partial charge in [0.1, 0.15) is 11.5 Å². The van der Waals surface area contributed by atoms with E-state index in [1.165, 1.54) is 7.05 Å². The van der Waals surface area contributed by atoms with Crippen molar-refractivity contribution >= 4 is 6.09 Å². The maximum atomic E-state index is 11.2. The molecule has 6 heteroatoms. The summed E-state index contributed by atoms with van der Waals surface area (Å²) >= 11 is 0. The summed E-state index contributed by atoms with van der Waals surface area (Å²) in [4.78, 5) is 11.2. The highest BCUT2D eigenvalue weighted by atomic mass is 16.6. The number of hydrogen-bond acceptors (Lipinski definition) is 5. The van der Waals surface area contributed by atoms with E-state index in [1.54, 1.807) is 25.3 Å². The summed E-state index contributed by atoms with van der Waals surface area (Å²) in [7, 11) is 3.13. The van der Waals surface area contributed by atoms with Crippen LogP contribution in [0.2, 0.25) is 0 Å². The molecule has 0 fully saturated rings. The molecule has 0 unspecified atom stereocenters. The fourth-order valence-corrected chi connectivity index (χ4v) is 2.10. The highest BCUT2D eigenvalue weighted by Crippen LogP contribution is 2.26. The molecular formula is C19H23NO5. The Morgan fingerprint density at radius 2 is 1.60 bits per heavy atom. The number of hydrogen-bond donors (Lipinski definition) is 1. The van der Waals surface area contributed by atoms with Gasteiger partial charge in [-0.05, 0) is 37.1 Å². The monoisotopic (exact) mass is 345 g/mol. The van der Waals surface area contributed by atoms with E-state index >= 15 is 0 Å². The highest BCUT2D eigenvalue weighted by molar-refractivity contribution is 5.70. The van der Waals surface area contributed by atoms with Crippen molar-refractivity contribution in [2.45, 2.75) is 12.8 Å². The molecule has 1 amide bonds. The first-order valence-corrected chi connectivity index (χ1v) is 8.11. The molecule has 0 radical (unpaired) electrons. The van der Waals surface area contributed by atoms with Gasteiger partial charge in [-0.15, -0.1) is 0 Å². The number of methoxy groups -OCH3 is 1. The average molecular weight is 345 g/mol.